The molecule has 4 heteroatoms. The molecule has 0 aliphatic heterocycles. The second kappa shape index (κ2) is 6.86. The minimum atomic E-state index is -0.198. The summed E-state index contributed by atoms with van der Waals surface area (Å²) in [4.78, 5) is 15.7. The highest BCUT2D eigenvalue weighted by molar-refractivity contribution is 5.93. The van der Waals surface area contributed by atoms with Crippen LogP contribution in [0.3, 0.4) is 0 Å². The Bertz CT molecular complexity index is 432. The van der Waals surface area contributed by atoms with Crippen molar-refractivity contribution in [1.82, 2.24) is 9.80 Å². The van der Waals surface area contributed by atoms with Crippen molar-refractivity contribution >= 4 is 5.91 Å². The maximum absolute atomic E-state index is 11.8. The zero-order valence-electron chi connectivity index (χ0n) is 13.3. The molecule has 1 rings (SSSR count). The lowest BCUT2D eigenvalue weighted by atomic mass is 10.1. The Morgan fingerprint density at radius 1 is 1.20 bits per heavy atom. The molecule has 2 N–H and O–H groups in total. The van der Waals surface area contributed by atoms with Crippen LogP contribution in [0.5, 0.6) is 0 Å². The molecule has 0 radical (unpaired) electrons. The van der Waals surface area contributed by atoms with E-state index in [1.54, 1.807) is 19.0 Å². The molecule has 0 spiro atoms. The van der Waals surface area contributed by atoms with Crippen molar-refractivity contribution < 1.29 is 4.79 Å². The lowest BCUT2D eigenvalue weighted by Gasteiger charge is -2.28. The van der Waals surface area contributed by atoms with Crippen molar-refractivity contribution in [3.63, 3.8) is 0 Å². The van der Waals surface area contributed by atoms with Crippen LogP contribution in [0.2, 0.25) is 0 Å². The fraction of sp³-hybridized carbons (Fsp3) is 0.562. The Labute approximate surface area is 122 Å². The summed E-state index contributed by atoms with van der Waals surface area (Å²) in [7, 11) is 3.52. The highest BCUT2D eigenvalue weighted by Crippen LogP contribution is 2.11. The van der Waals surface area contributed by atoms with Crippen LogP contribution in [0.1, 0.15) is 36.7 Å². The predicted molar refractivity (Wildman–Crippen MR) is 83.7 cm³/mol. The molecular weight excluding hydrogens is 250 g/mol. The zero-order valence-corrected chi connectivity index (χ0v) is 13.3. The number of amides is 1. The van der Waals surface area contributed by atoms with E-state index in [-0.39, 0.29) is 11.4 Å². The van der Waals surface area contributed by atoms with Crippen LogP contribution in [0, 0.1) is 0 Å². The summed E-state index contributed by atoms with van der Waals surface area (Å²) in [6.45, 7) is 8.87. The van der Waals surface area contributed by atoms with Gasteiger partial charge >= 0.3 is 0 Å². The maximum Gasteiger partial charge on any atom is 0.253 e. The van der Waals surface area contributed by atoms with Gasteiger partial charge in [0.15, 0.2) is 0 Å². The van der Waals surface area contributed by atoms with Crippen molar-refractivity contribution in [3.8, 4) is 0 Å². The third-order valence-corrected chi connectivity index (χ3v) is 3.09. The van der Waals surface area contributed by atoms with E-state index in [1.807, 2.05) is 38.1 Å². The SMILES string of the molecule is CCN(Cc1ccc(C(=O)N(C)C)cc1)CC(C)(C)N. The van der Waals surface area contributed by atoms with Crippen molar-refractivity contribution in [2.45, 2.75) is 32.9 Å². The number of hydrogen-bond acceptors (Lipinski definition) is 3. The van der Waals surface area contributed by atoms with Crippen molar-refractivity contribution in [2.24, 2.45) is 5.73 Å². The molecule has 0 aliphatic carbocycles. The molecule has 0 aromatic heterocycles. The summed E-state index contributed by atoms with van der Waals surface area (Å²) in [6.07, 6.45) is 0. The molecule has 0 aliphatic rings. The van der Waals surface area contributed by atoms with Gasteiger partial charge in [-0.25, -0.2) is 0 Å². The van der Waals surface area contributed by atoms with Gasteiger partial charge in [-0.05, 0) is 38.1 Å². The van der Waals surface area contributed by atoms with Gasteiger partial charge in [-0.1, -0.05) is 19.1 Å². The first-order valence-electron chi connectivity index (χ1n) is 7.05. The minimum absolute atomic E-state index is 0.0342. The largest absolute Gasteiger partial charge is 0.345 e. The van der Waals surface area contributed by atoms with E-state index in [4.69, 9.17) is 5.73 Å². The van der Waals surface area contributed by atoms with Gasteiger partial charge in [-0.15, -0.1) is 0 Å². The third kappa shape index (κ3) is 5.31. The molecule has 1 aromatic carbocycles. The quantitative estimate of drug-likeness (QED) is 0.864. The summed E-state index contributed by atoms with van der Waals surface area (Å²) < 4.78 is 0. The lowest BCUT2D eigenvalue weighted by Crippen LogP contribution is -2.45. The molecule has 20 heavy (non-hydrogen) atoms. The van der Waals surface area contributed by atoms with Crippen LogP contribution >= 0.6 is 0 Å². The number of likely N-dealkylation sites (N-methyl/N-ethyl adjacent to an activating group) is 1. The van der Waals surface area contributed by atoms with E-state index in [1.165, 1.54) is 5.56 Å². The van der Waals surface area contributed by atoms with Crippen LogP contribution < -0.4 is 5.73 Å². The summed E-state index contributed by atoms with van der Waals surface area (Å²) in [5.74, 6) is 0.0342. The Balaban J connectivity index is 2.71. The van der Waals surface area contributed by atoms with Gasteiger partial charge in [0, 0.05) is 38.3 Å². The van der Waals surface area contributed by atoms with Crippen LogP contribution in [0.25, 0.3) is 0 Å². The maximum atomic E-state index is 11.8. The summed E-state index contributed by atoms with van der Waals surface area (Å²) in [6, 6.07) is 7.81. The van der Waals surface area contributed by atoms with Gasteiger partial charge in [0.2, 0.25) is 0 Å². The molecule has 4 nitrogen and oxygen atoms in total. The molecule has 0 bridgehead atoms. The fourth-order valence-corrected chi connectivity index (χ4v) is 2.12. The van der Waals surface area contributed by atoms with E-state index in [9.17, 15) is 4.79 Å². The monoisotopic (exact) mass is 277 g/mol. The number of hydrogen-bond donors (Lipinski definition) is 1. The Morgan fingerprint density at radius 2 is 1.75 bits per heavy atom. The number of nitrogens with two attached hydrogens (primary N) is 1. The van der Waals surface area contributed by atoms with Gasteiger partial charge in [-0.3, -0.25) is 9.69 Å². The van der Waals surface area contributed by atoms with E-state index in [2.05, 4.69) is 11.8 Å². The molecule has 0 saturated carbocycles. The first kappa shape index (κ1) is 16.7. The van der Waals surface area contributed by atoms with E-state index in [0.717, 1.165) is 25.2 Å². The lowest BCUT2D eigenvalue weighted by molar-refractivity contribution is 0.0827. The van der Waals surface area contributed by atoms with Gasteiger partial charge in [0.25, 0.3) is 5.91 Å². The average Bonchev–Trinajstić information content (AvgIpc) is 2.36. The first-order chi connectivity index (χ1) is 9.23. The molecule has 1 aromatic rings. The Hall–Kier alpha value is -1.39. The standard InChI is InChI=1S/C16H27N3O/c1-6-19(12-16(2,3)17)11-13-7-9-14(10-8-13)15(20)18(4)5/h7-10H,6,11-12,17H2,1-5H3. The predicted octanol–water partition coefficient (Wildman–Crippen LogP) is 1.95. The summed E-state index contributed by atoms with van der Waals surface area (Å²) >= 11 is 0. The average molecular weight is 277 g/mol. The number of rotatable bonds is 6. The molecule has 112 valence electrons. The Morgan fingerprint density at radius 3 is 2.15 bits per heavy atom. The molecule has 0 unspecified atom stereocenters. The number of benzene rings is 1. The number of carbonyl (C=O) groups excluding carboxylic acids is 1. The second-order valence-electron chi connectivity index (χ2n) is 6.19. The van der Waals surface area contributed by atoms with E-state index in [0.29, 0.717) is 0 Å². The molecule has 0 saturated heterocycles. The summed E-state index contributed by atoms with van der Waals surface area (Å²) in [5.41, 5.74) is 7.80. The minimum Gasteiger partial charge on any atom is -0.345 e. The van der Waals surface area contributed by atoms with Crippen LogP contribution in [0.15, 0.2) is 24.3 Å². The van der Waals surface area contributed by atoms with Crippen LogP contribution in [0.4, 0.5) is 0 Å². The molecule has 1 amide bonds. The van der Waals surface area contributed by atoms with Gasteiger partial charge in [-0.2, -0.15) is 0 Å². The van der Waals surface area contributed by atoms with Crippen molar-refractivity contribution in [2.75, 3.05) is 27.2 Å². The normalized spacial score (nSPS) is 11.8. The van der Waals surface area contributed by atoms with Gasteiger partial charge in [0.1, 0.15) is 0 Å². The van der Waals surface area contributed by atoms with Crippen molar-refractivity contribution in [1.29, 1.82) is 0 Å². The van der Waals surface area contributed by atoms with Gasteiger partial charge in [0.05, 0.1) is 0 Å². The van der Waals surface area contributed by atoms with Gasteiger partial charge < -0.3 is 10.6 Å². The van der Waals surface area contributed by atoms with Crippen molar-refractivity contribution in [3.05, 3.63) is 35.4 Å². The van der Waals surface area contributed by atoms with Crippen LogP contribution in [-0.2, 0) is 6.54 Å². The topological polar surface area (TPSA) is 49.6 Å². The molecular formula is C16H27N3O. The smallest absolute Gasteiger partial charge is 0.253 e. The fourth-order valence-electron chi connectivity index (χ4n) is 2.12. The highest BCUT2D eigenvalue weighted by atomic mass is 16.2. The summed E-state index contributed by atoms with van der Waals surface area (Å²) in [5, 5.41) is 0. The zero-order chi connectivity index (χ0) is 15.3. The Kier molecular flexibility index (Phi) is 5.72. The first-order valence-corrected chi connectivity index (χ1v) is 7.05. The molecule has 0 heterocycles. The number of nitrogens with zero attached hydrogens (tertiary/aromatic N) is 2. The third-order valence-electron chi connectivity index (χ3n) is 3.09. The molecule has 0 atom stereocenters. The van der Waals surface area contributed by atoms with E-state index < -0.39 is 0 Å². The van der Waals surface area contributed by atoms with Crippen LogP contribution in [-0.4, -0.2) is 48.4 Å². The van der Waals surface area contributed by atoms with E-state index >= 15 is 0 Å². The second-order valence-corrected chi connectivity index (χ2v) is 6.19. The highest BCUT2D eigenvalue weighted by Gasteiger charge is 2.16. The number of carbonyl (C=O) groups is 1. The molecule has 0 fully saturated rings.